The summed E-state index contributed by atoms with van der Waals surface area (Å²) in [6.45, 7) is 2.77. The number of rotatable bonds is 4. The molecule has 144 valence electrons. The van der Waals surface area contributed by atoms with Gasteiger partial charge in [0.25, 0.3) is 0 Å². The predicted octanol–water partition coefficient (Wildman–Crippen LogP) is 4.10. The standard InChI is InChI=1S/C22H20N6S/c23-14-17-4-1-2-5-18(17)15-27-11-9-16(10-12-27)22-25-24-21-8-7-19(26-28(21)22)20-6-3-13-29-20/h1-8,13,16H,9-12,15H2. The van der Waals surface area contributed by atoms with E-state index >= 15 is 0 Å². The third-order valence-corrected chi connectivity index (χ3v) is 6.44. The number of benzene rings is 1. The van der Waals surface area contributed by atoms with Crippen molar-refractivity contribution in [2.45, 2.75) is 25.3 Å². The van der Waals surface area contributed by atoms with Crippen molar-refractivity contribution in [2.24, 2.45) is 0 Å². The van der Waals surface area contributed by atoms with E-state index in [4.69, 9.17) is 5.10 Å². The van der Waals surface area contributed by atoms with Gasteiger partial charge in [0.2, 0.25) is 0 Å². The zero-order chi connectivity index (χ0) is 19.6. The van der Waals surface area contributed by atoms with E-state index in [0.717, 1.165) is 65.6 Å². The molecule has 6 nitrogen and oxygen atoms in total. The van der Waals surface area contributed by atoms with Crippen molar-refractivity contribution >= 4 is 17.0 Å². The van der Waals surface area contributed by atoms with E-state index in [1.165, 1.54) is 0 Å². The number of nitrogens with zero attached hydrogens (tertiary/aromatic N) is 6. The predicted molar refractivity (Wildman–Crippen MR) is 113 cm³/mol. The van der Waals surface area contributed by atoms with Crippen molar-refractivity contribution < 1.29 is 0 Å². The summed E-state index contributed by atoms with van der Waals surface area (Å²) in [6, 6.07) is 18.3. The average Bonchev–Trinajstić information content (AvgIpc) is 3.44. The number of thiophene rings is 1. The molecule has 3 aromatic heterocycles. The Kier molecular flexibility index (Phi) is 4.80. The molecule has 1 fully saturated rings. The van der Waals surface area contributed by atoms with Crippen molar-refractivity contribution in [3.8, 4) is 16.6 Å². The van der Waals surface area contributed by atoms with Gasteiger partial charge >= 0.3 is 0 Å². The van der Waals surface area contributed by atoms with E-state index < -0.39 is 0 Å². The summed E-state index contributed by atoms with van der Waals surface area (Å²) in [5, 5.41) is 25.0. The van der Waals surface area contributed by atoms with Gasteiger partial charge in [-0.25, -0.2) is 0 Å². The highest BCUT2D eigenvalue weighted by molar-refractivity contribution is 7.13. The summed E-state index contributed by atoms with van der Waals surface area (Å²) in [6.07, 6.45) is 2.03. The van der Waals surface area contributed by atoms with Crippen LogP contribution in [0.25, 0.3) is 16.2 Å². The van der Waals surface area contributed by atoms with E-state index in [9.17, 15) is 5.26 Å². The van der Waals surface area contributed by atoms with Crippen molar-refractivity contribution in [1.29, 1.82) is 5.26 Å². The van der Waals surface area contributed by atoms with Crippen molar-refractivity contribution in [3.05, 3.63) is 70.9 Å². The molecule has 7 heteroatoms. The highest BCUT2D eigenvalue weighted by Crippen LogP contribution is 2.29. The van der Waals surface area contributed by atoms with E-state index in [2.05, 4.69) is 32.6 Å². The maximum absolute atomic E-state index is 9.31. The second-order valence-corrected chi connectivity index (χ2v) is 8.29. The fourth-order valence-electron chi connectivity index (χ4n) is 3.97. The summed E-state index contributed by atoms with van der Waals surface area (Å²) >= 11 is 1.69. The molecule has 1 saturated heterocycles. The Morgan fingerprint density at radius 2 is 1.90 bits per heavy atom. The molecule has 4 heterocycles. The maximum atomic E-state index is 9.31. The lowest BCUT2D eigenvalue weighted by atomic mass is 9.95. The molecular weight excluding hydrogens is 380 g/mol. The van der Waals surface area contributed by atoms with Gasteiger partial charge in [0.05, 0.1) is 16.5 Å². The van der Waals surface area contributed by atoms with E-state index in [0.29, 0.717) is 5.92 Å². The molecule has 0 spiro atoms. The van der Waals surface area contributed by atoms with Gasteiger partial charge in [-0.15, -0.1) is 21.5 Å². The molecule has 4 aromatic rings. The van der Waals surface area contributed by atoms with Gasteiger partial charge in [-0.2, -0.15) is 14.9 Å². The second-order valence-electron chi connectivity index (χ2n) is 7.34. The fraction of sp³-hybridized carbons (Fsp3) is 0.273. The number of nitriles is 1. The Morgan fingerprint density at radius 3 is 2.69 bits per heavy atom. The third kappa shape index (κ3) is 3.53. The van der Waals surface area contributed by atoms with Crippen LogP contribution in [0.2, 0.25) is 0 Å². The van der Waals surface area contributed by atoms with Crippen LogP contribution in [0, 0.1) is 11.3 Å². The fourth-order valence-corrected chi connectivity index (χ4v) is 4.66. The Bertz CT molecular complexity index is 1170. The number of hydrogen-bond donors (Lipinski definition) is 0. The largest absolute Gasteiger partial charge is 0.299 e. The molecule has 1 aliphatic rings. The first-order valence-corrected chi connectivity index (χ1v) is 10.7. The molecule has 0 aliphatic carbocycles. The number of likely N-dealkylation sites (tertiary alicyclic amines) is 1. The quantitative estimate of drug-likeness (QED) is 0.516. The lowest BCUT2D eigenvalue weighted by Gasteiger charge is -2.31. The average molecular weight is 401 g/mol. The summed E-state index contributed by atoms with van der Waals surface area (Å²) in [5.74, 6) is 1.30. The normalized spacial score (nSPS) is 15.6. The van der Waals surface area contributed by atoms with Gasteiger partial charge in [-0.1, -0.05) is 24.3 Å². The van der Waals surface area contributed by atoms with Gasteiger partial charge in [0.15, 0.2) is 11.5 Å². The number of hydrogen-bond acceptors (Lipinski definition) is 6. The second kappa shape index (κ2) is 7.74. The molecule has 0 atom stereocenters. The van der Waals surface area contributed by atoms with Crippen LogP contribution < -0.4 is 0 Å². The van der Waals surface area contributed by atoms with Crippen LogP contribution in [0.3, 0.4) is 0 Å². The summed E-state index contributed by atoms with van der Waals surface area (Å²) < 4.78 is 1.92. The van der Waals surface area contributed by atoms with E-state index in [1.807, 2.05) is 47.0 Å². The van der Waals surface area contributed by atoms with Crippen LogP contribution >= 0.6 is 11.3 Å². The molecule has 0 unspecified atom stereocenters. The first-order valence-electron chi connectivity index (χ1n) is 9.78. The first kappa shape index (κ1) is 18.0. The molecule has 0 N–H and O–H groups in total. The minimum atomic E-state index is 0.346. The Labute approximate surface area is 173 Å². The number of aromatic nitrogens is 4. The minimum Gasteiger partial charge on any atom is -0.299 e. The van der Waals surface area contributed by atoms with Gasteiger partial charge < -0.3 is 0 Å². The SMILES string of the molecule is N#Cc1ccccc1CN1CCC(c2nnc3ccc(-c4cccs4)nn23)CC1. The lowest BCUT2D eigenvalue weighted by Crippen LogP contribution is -2.33. The Morgan fingerprint density at radius 1 is 1.03 bits per heavy atom. The van der Waals surface area contributed by atoms with Crippen LogP contribution in [-0.2, 0) is 6.54 Å². The molecule has 1 aromatic carbocycles. The van der Waals surface area contributed by atoms with Crippen molar-refractivity contribution in [3.63, 3.8) is 0 Å². The third-order valence-electron chi connectivity index (χ3n) is 5.55. The van der Waals surface area contributed by atoms with Crippen molar-refractivity contribution in [2.75, 3.05) is 13.1 Å². The lowest BCUT2D eigenvalue weighted by molar-refractivity contribution is 0.200. The van der Waals surface area contributed by atoms with Crippen LogP contribution in [0.5, 0.6) is 0 Å². The van der Waals surface area contributed by atoms with Crippen LogP contribution in [-0.4, -0.2) is 37.8 Å². The highest BCUT2D eigenvalue weighted by atomic mass is 32.1. The van der Waals surface area contributed by atoms with Crippen LogP contribution in [0.4, 0.5) is 0 Å². The molecule has 29 heavy (non-hydrogen) atoms. The molecule has 0 radical (unpaired) electrons. The topological polar surface area (TPSA) is 70.1 Å². The van der Waals surface area contributed by atoms with Gasteiger partial charge in [-0.05, 0) is 61.1 Å². The van der Waals surface area contributed by atoms with Crippen LogP contribution in [0.15, 0.2) is 53.9 Å². The summed E-state index contributed by atoms with van der Waals surface area (Å²) in [4.78, 5) is 3.57. The van der Waals surface area contributed by atoms with E-state index in [1.54, 1.807) is 11.3 Å². The smallest absolute Gasteiger partial charge is 0.177 e. The summed E-state index contributed by atoms with van der Waals surface area (Å²) in [7, 11) is 0. The monoisotopic (exact) mass is 400 g/mol. The first-order chi connectivity index (χ1) is 14.3. The van der Waals surface area contributed by atoms with Gasteiger partial charge in [0, 0.05) is 12.5 Å². The van der Waals surface area contributed by atoms with Gasteiger partial charge in [0.1, 0.15) is 5.69 Å². The Hall–Kier alpha value is -3.08. The highest BCUT2D eigenvalue weighted by Gasteiger charge is 2.25. The Balaban J connectivity index is 1.32. The molecular formula is C22H20N6S. The maximum Gasteiger partial charge on any atom is 0.177 e. The zero-order valence-corrected chi connectivity index (χ0v) is 16.7. The molecule has 0 amide bonds. The minimum absolute atomic E-state index is 0.346. The summed E-state index contributed by atoms with van der Waals surface area (Å²) in [5.41, 5.74) is 3.62. The number of piperidine rings is 1. The molecule has 1 aliphatic heterocycles. The zero-order valence-electron chi connectivity index (χ0n) is 15.9. The van der Waals surface area contributed by atoms with Crippen LogP contribution in [0.1, 0.15) is 35.7 Å². The van der Waals surface area contributed by atoms with Crippen molar-refractivity contribution in [1.82, 2.24) is 24.7 Å². The number of fused-ring (bicyclic) bond motifs is 1. The molecule has 0 saturated carbocycles. The van der Waals surface area contributed by atoms with Gasteiger partial charge in [-0.3, -0.25) is 4.90 Å². The molecule has 0 bridgehead atoms. The molecule has 5 rings (SSSR count). The van der Waals surface area contributed by atoms with E-state index in [-0.39, 0.29) is 0 Å².